The lowest BCUT2D eigenvalue weighted by Gasteiger charge is -2.11. The van der Waals surface area contributed by atoms with E-state index < -0.39 is 0 Å². The van der Waals surface area contributed by atoms with Gasteiger partial charge in [0.25, 0.3) is 0 Å². The van der Waals surface area contributed by atoms with Crippen LogP contribution in [0, 0.1) is 6.92 Å². The Morgan fingerprint density at radius 3 is 2.00 bits per heavy atom. The lowest BCUT2D eigenvalue weighted by molar-refractivity contribution is 1.18. The van der Waals surface area contributed by atoms with Gasteiger partial charge in [-0.3, -0.25) is 4.98 Å². The zero-order valence-electron chi connectivity index (χ0n) is 19.4. The maximum Gasteiger partial charge on any atom is 0.160 e. The molecule has 6 rings (SSSR count). The maximum atomic E-state index is 4.95. The molecule has 0 saturated heterocycles. The molecule has 0 aliphatic carbocycles. The summed E-state index contributed by atoms with van der Waals surface area (Å²) in [4.78, 5) is 14.5. The average Bonchev–Trinajstić information content (AvgIpc) is 2.93. The van der Waals surface area contributed by atoms with Crippen LogP contribution in [0.1, 0.15) is 5.56 Å². The first kappa shape index (κ1) is 20.9. The molecule has 0 aliphatic heterocycles. The predicted octanol–water partition coefficient (Wildman–Crippen LogP) is 8.00. The van der Waals surface area contributed by atoms with Gasteiger partial charge in [0.2, 0.25) is 0 Å². The zero-order valence-corrected chi connectivity index (χ0v) is 19.4. The summed E-state index contributed by atoms with van der Waals surface area (Å²) in [5.41, 5.74) is 9.44. The smallest absolute Gasteiger partial charge is 0.160 e. The lowest BCUT2D eigenvalue weighted by Crippen LogP contribution is -1.96. The Kier molecular flexibility index (Phi) is 5.36. The van der Waals surface area contributed by atoms with Gasteiger partial charge in [-0.2, -0.15) is 0 Å². The minimum Gasteiger partial charge on any atom is -0.256 e. The number of fused-ring (bicyclic) bond motifs is 1. The quantitative estimate of drug-likeness (QED) is 0.274. The molecule has 0 spiro atoms. The molecule has 0 N–H and O–H groups in total. The van der Waals surface area contributed by atoms with E-state index in [9.17, 15) is 0 Å². The Bertz CT molecular complexity index is 1630. The number of para-hydroxylation sites is 1. The Morgan fingerprint density at radius 1 is 0.514 bits per heavy atom. The van der Waals surface area contributed by atoms with Crippen LogP contribution in [-0.2, 0) is 0 Å². The monoisotopic (exact) mass is 449 g/mol. The van der Waals surface area contributed by atoms with Gasteiger partial charge in [0.05, 0.1) is 16.9 Å². The minimum atomic E-state index is 0.724. The van der Waals surface area contributed by atoms with Gasteiger partial charge in [-0.1, -0.05) is 103 Å². The SMILES string of the molecule is Cc1cccc(-c2cc(-c3ccc(-c4cccc5cccnc45)cc3)nc(-c3ccccc3)n2)c1. The van der Waals surface area contributed by atoms with Crippen LogP contribution in [0.15, 0.2) is 121 Å². The fourth-order valence-electron chi connectivity index (χ4n) is 4.42. The van der Waals surface area contributed by atoms with E-state index in [1.807, 2.05) is 30.5 Å². The fraction of sp³-hybridized carbons (Fsp3) is 0.0312. The van der Waals surface area contributed by atoms with E-state index in [-0.39, 0.29) is 0 Å². The van der Waals surface area contributed by atoms with Gasteiger partial charge in [0.15, 0.2) is 5.82 Å². The van der Waals surface area contributed by atoms with Crippen LogP contribution in [0.4, 0.5) is 0 Å². The Morgan fingerprint density at radius 2 is 1.20 bits per heavy atom. The summed E-state index contributed by atoms with van der Waals surface area (Å²) in [6, 6.07) is 39.6. The van der Waals surface area contributed by atoms with Crippen molar-refractivity contribution in [1.29, 1.82) is 0 Å². The highest BCUT2D eigenvalue weighted by atomic mass is 14.9. The molecule has 3 heteroatoms. The summed E-state index contributed by atoms with van der Waals surface area (Å²) in [7, 11) is 0. The van der Waals surface area contributed by atoms with Crippen LogP contribution >= 0.6 is 0 Å². The summed E-state index contributed by atoms with van der Waals surface area (Å²) < 4.78 is 0. The van der Waals surface area contributed by atoms with E-state index in [1.54, 1.807) is 0 Å². The first-order valence-electron chi connectivity index (χ1n) is 11.7. The van der Waals surface area contributed by atoms with Crippen molar-refractivity contribution in [1.82, 2.24) is 15.0 Å². The highest BCUT2D eigenvalue weighted by Gasteiger charge is 2.11. The van der Waals surface area contributed by atoms with Crippen LogP contribution < -0.4 is 0 Å². The van der Waals surface area contributed by atoms with Crippen LogP contribution in [0.3, 0.4) is 0 Å². The second kappa shape index (κ2) is 8.96. The first-order chi connectivity index (χ1) is 17.2. The third kappa shape index (κ3) is 4.20. The standard InChI is InChI=1S/C32H23N3/c1-22-8-5-12-27(20-22)30-21-29(34-32(35-30)26-9-3-2-4-10-26)24-17-15-23(16-18-24)28-14-6-11-25-13-7-19-33-31(25)28/h2-21H,1H3. The largest absolute Gasteiger partial charge is 0.256 e. The summed E-state index contributed by atoms with van der Waals surface area (Å²) in [5, 5.41) is 1.14. The molecular formula is C32H23N3. The average molecular weight is 450 g/mol. The molecule has 35 heavy (non-hydrogen) atoms. The zero-order chi connectivity index (χ0) is 23.6. The molecule has 6 aromatic rings. The predicted molar refractivity (Wildman–Crippen MR) is 144 cm³/mol. The molecule has 2 aromatic heterocycles. The van der Waals surface area contributed by atoms with Crippen molar-refractivity contribution >= 4 is 10.9 Å². The van der Waals surface area contributed by atoms with Crippen molar-refractivity contribution in [3.8, 4) is 45.0 Å². The third-order valence-corrected chi connectivity index (χ3v) is 6.20. The highest BCUT2D eigenvalue weighted by Crippen LogP contribution is 2.31. The number of pyridine rings is 1. The van der Waals surface area contributed by atoms with E-state index in [1.165, 1.54) is 5.56 Å². The number of nitrogens with zero attached hydrogens (tertiary/aromatic N) is 3. The summed E-state index contributed by atoms with van der Waals surface area (Å²) in [6.07, 6.45) is 1.85. The van der Waals surface area contributed by atoms with Crippen LogP contribution in [0.2, 0.25) is 0 Å². The van der Waals surface area contributed by atoms with Crippen molar-refractivity contribution in [2.24, 2.45) is 0 Å². The van der Waals surface area contributed by atoms with Gasteiger partial charge >= 0.3 is 0 Å². The van der Waals surface area contributed by atoms with E-state index >= 15 is 0 Å². The van der Waals surface area contributed by atoms with Crippen molar-refractivity contribution in [3.05, 3.63) is 127 Å². The van der Waals surface area contributed by atoms with Gasteiger partial charge in [-0.05, 0) is 30.7 Å². The molecule has 0 aliphatic rings. The van der Waals surface area contributed by atoms with E-state index in [0.29, 0.717) is 0 Å². The summed E-state index contributed by atoms with van der Waals surface area (Å²) in [6.45, 7) is 2.10. The van der Waals surface area contributed by atoms with E-state index in [2.05, 4.69) is 103 Å². The second-order valence-corrected chi connectivity index (χ2v) is 8.66. The van der Waals surface area contributed by atoms with Gasteiger partial charge in [0.1, 0.15) is 0 Å². The van der Waals surface area contributed by atoms with E-state index in [4.69, 9.17) is 9.97 Å². The number of aryl methyl sites for hydroxylation is 1. The first-order valence-corrected chi connectivity index (χ1v) is 11.7. The van der Waals surface area contributed by atoms with Crippen molar-refractivity contribution in [3.63, 3.8) is 0 Å². The number of hydrogen-bond donors (Lipinski definition) is 0. The Labute approximate surface area is 204 Å². The molecule has 0 radical (unpaired) electrons. The molecule has 0 unspecified atom stereocenters. The highest BCUT2D eigenvalue weighted by molar-refractivity contribution is 5.93. The van der Waals surface area contributed by atoms with Crippen LogP contribution in [0.5, 0.6) is 0 Å². The Hall–Kier alpha value is -4.63. The van der Waals surface area contributed by atoms with Crippen molar-refractivity contribution in [2.75, 3.05) is 0 Å². The van der Waals surface area contributed by atoms with Crippen molar-refractivity contribution < 1.29 is 0 Å². The Balaban J connectivity index is 1.46. The second-order valence-electron chi connectivity index (χ2n) is 8.66. The fourth-order valence-corrected chi connectivity index (χ4v) is 4.42. The normalized spacial score (nSPS) is 11.0. The molecule has 0 saturated carbocycles. The van der Waals surface area contributed by atoms with Crippen molar-refractivity contribution in [2.45, 2.75) is 6.92 Å². The minimum absolute atomic E-state index is 0.724. The van der Waals surface area contributed by atoms with Gasteiger partial charge in [0, 0.05) is 33.8 Å². The molecule has 0 amide bonds. The molecule has 0 atom stereocenters. The van der Waals surface area contributed by atoms with Crippen LogP contribution in [-0.4, -0.2) is 15.0 Å². The molecule has 2 heterocycles. The summed E-state index contributed by atoms with van der Waals surface area (Å²) >= 11 is 0. The summed E-state index contributed by atoms with van der Waals surface area (Å²) in [5.74, 6) is 0.724. The van der Waals surface area contributed by atoms with Gasteiger partial charge in [-0.15, -0.1) is 0 Å². The molecular weight excluding hydrogens is 426 g/mol. The number of rotatable bonds is 4. The third-order valence-electron chi connectivity index (χ3n) is 6.20. The number of hydrogen-bond acceptors (Lipinski definition) is 3. The van der Waals surface area contributed by atoms with Gasteiger partial charge < -0.3 is 0 Å². The number of aromatic nitrogens is 3. The van der Waals surface area contributed by atoms with Gasteiger partial charge in [-0.25, -0.2) is 9.97 Å². The number of benzene rings is 4. The maximum absolute atomic E-state index is 4.95. The van der Waals surface area contributed by atoms with Crippen LogP contribution in [0.25, 0.3) is 55.9 Å². The van der Waals surface area contributed by atoms with E-state index in [0.717, 1.165) is 55.9 Å². The lowest BCUT2D eigenvalue weighted by atomic mass is 9.99. The molecule has 0 fully saturated rings. The molecule has 0 bridgehead atoms. The topological polar surface area (TPSA) is 38.7 Å². The molecule has 4 aromatic carbocycles. The molecule has 3 nitrogen and oxygen atoms in total. The molecule has 166 valence electrons.